The molecule has 0 radical (unpaired) electrons. The molecule has 3 aromatic rings. The number of ether oxygens (including phenoxy) is 1. The molecule has 0 atom stereocenters. The van der Waals surface area contributed by atoms with Crippen LogP contribution in [-0.4, -0.2) is 17.5 Å². The Labute approximate surface area is 142 Å². The Balaban J connectivity index is 1.77. The van der Waals surface area contributed by atoms with Crippen LogP contribution in [0.3, 0.4) is 0 Å². The molecule has 0 bridgehead atoms. The standard InChI is InChI=1S/C18H15FN2O2S/c1-2-23-16-6-4-3-5-14(16)17(22)21-18-20-15(11-24-18)12-7-9-13(19)10-8-12/h3-11H,2H2,1H3,(H,20,21,22). The number of carbonyl (C=O) groups excluding carboxylic acids is 1. The summed E-state index contributed by atoms with van der Waals surface area (Å²) in [5.74, 6) is -0.0399. The van der Waals surface area contributed by atoms with Gasteiger partial charge in [0.2, 0.25) is 0 Å². The van der Waals surface area contributed by atoms with Crippen LogP contribution in [0.5, 0.6) is 5.75 Å². The molecule has 0 fully saturated rings. The van der Waals surface area contributed by atoms with Crippen molar-refractivity contribution >= 4 is 22.4 Å². The fourth-order valence-electron chi connectivity index (χ4n) is 2.18. The minimum Gasteiger partial charge on any atom is -0.493 e. The number of halogens is 1. The van der Waals surface area contributed by atoms with E-state index in [1.165, 1.54) is 23.5 Å². The highest BCUT2D eigenvalue weighted by atomic mass is 32.1. The topological polar surface area (TPSA) is 51.2 Å². The summed E-state index contributed by atoms with van der Waals surface area (Å²) in [6, 6.07) is 13.1. The second kappa shape index (κ2) is 7.23. The first-order valence-corrected chi connectivity index (χ1v) is 8.30. The van der Waals surface area contributed by atoms with E-state index in [-0.39, 0.29) is 11.7 Å². The Bertz CT molecular complexity index is 846. The summed E-state index contributed by atoms with van der Waals surface area (Å²) in [6.07, 6.45) is 0. The molecule has 24 heavy (non-hydrogen) atoms. The molecule has 0 saturated heterocycles. The maximum Gasteiger partial charge on any atom is 0.261 e. The summed E-state index contributed by atoms with van der Waals surface area (Å²) >= 11 is 1.31. The Hall–Kier alpha value is -2.73. The molecular formula is C18H15FN2O2S. The number of para-hydroxylation sites is 1. The van der Waals surface area contributed by atoms with Gasteiger partial charge in [-0.1, -0.05) is 12.1 Å². The summed E-state index contributed by atoms with van der Waals surface area (Å²) in [6.45, 7) is 2.35. The second-order valence-electron chi connectivity index (χ2n) is 4.93. The number of hydrogen-bond acceptors (Lipinski definition) is 4. The highest BCUT2D eigenvalue weighted by molar-refractivity contribution is 7.14. The molecular weight excluding hydrogens is 327 g/mol. The number of nitrogens with one attached hydrogen (secondary N) is 1. The Morgan fingerprint density at radius 2 is 1.96 bits per heavy atom. The zero-order chi connectivity index (χ0) is 16.9. The van der Waals surface area contributed by atoms with Gasteiger partial charge in [-0.2, -0.15) is 0 Å². The number of nitrogens with zero attached hydrogens (tertiary/aromatic N) is 1. The van der Waals surface area contributed by atoms with E-state index in [2.05, 4.69) is 10.3 Å². The van der Waals surface area contributed by atoms with E-state index < -0.39 is 0 Å². The minimum atomic E-state index is -0.296. The first kappa shape index (κ1) is 16.1. The Morgan fingerprint density at radius 3 is 2.71 bits per heavy atom. The van der Waals surface area contributed by atoms with Gasteiger partial charge in [-0.3, -0.25) is 10.1 Å². The van der Waals surface area contributed by atoms with Crippen LogP contribution in [0.15, 0.2) is 53.9 Å². The number of thiazole rings is 1. The number of hydrogen-bond donors (Lipinski definition) is 1. The molecule has 1 N–H and O–H groups in total. The molecule has 1 amide bonds. The van der Waals surface area contributed by atoms with Gasteiger partial charge in [0.05, 0.1) is 17.9 Å². The van der Waals surface area contributed by atoms with E-state index in [0.29, 0.717) is 28.7 Å². The molecule has 0 saturated carbocycles. The van der Waals surface area contributed by atoms with E-state index in [1.807, 2.05) is 18.4 Å². The quantitative estimate of drug-likeness (QED) is 0.737. The van der Waals surface area contributed by atoms with Crippen molar-refractivity contribution in [3.63, 3.8) is 0 Å². The van der Waals surface area contributed by atoms with Crippen LogP contribution >= 0.6 is 11.3 Å². The average Bonchev–Trinajstić information content (AvgIpc) is 3.05. The number of aromatic nitrogens is 1. The van der Waals surface area contributed by atoms with Gasteiger partial charge in [0.15, 0.2) is 5.13 Å². The van der Waals surface area contributed by atoms with Crippen molar-refractivity contribution in [1.82, 2.24) is 4.98 Å². The van der Waals surface area contributed by atoms with Crippen LogP contribution in [0.25, 0.3) is 11.3 Å². The summed E-state index contributed by atoms with van der Waals surface area (Å²) in [4.78, 5) is 16.8. The van der Waals surface area contributed by atoms with Crippen molar-refractivity contribution < 1.29 is 13.9 Å². The van der Waals surface area contributed by atoms with Gasteiger partial charge in [-0.15, -0.1) is 11.3 Å². The lowest BCUT2D eigenvalue weighted by atomic mass is 10.2. The number of amides is 1. The Kier molecular flexibility index (Phi) is 4.86. The molecule has 1 heterocycles. The molecule has 0 aliphatic rings. The zero-order valence-corrected chi connectivity index (χ0v) is 13.8. The third kappa shape index (κ3) is 3.60. The minimum absolute atomic E-state index is 0.279. The van der Waals surface area contributed by atoms with Gasteiger partial charge < -0.3 is 4.74 Å². The van der Waals surface area contributed by atoms with Crippen molar-refractivity contribution in [2.45, 2.75) is 6.92 Å². The van der Waals surface area contributed by atoms with Crippen LogP contribution < -0.4 is 10.1 Å². The lowest BCUT2D eigenvalue weighted by Gasteiger charge is -2.08. The molecule has 1 aromatic heterocycles. The van der Waals surface area contributed by atoms with Crippen molar-refractivity contribution in [2.24, 2.45) is 0 Å². The van der Waals surface area contributed by atoms with Gasteiger partial charge in [-0.05, 0) is 43.3 Å². The third-order valence-electron chi connectivity index (χ3n) is 3.30. The maximum atomic E-state index is 13.0. The zero-order valence-electron chi connectivity index (χ0n) is 13.0. The lowest BCUT2D eigenvalue weighted by Crippen LogP contribution is -2.13. The molecule has 6 heteroatoms. The van der Waals surface area contributed by atoms with E-state index >= 15 is 0 Å². The molecule has 3 rings (SSSR count). The average molecular weight is 342 g/mol. The van der Waals surface area contributed by atoms with Gasteiger partial charge in [0.25, 0.3) is 5.91 Å². The van der Waals surface area contributed by atoms with Crippen molar-refractivity contribution in [2.75, 3.05) is 11.9 Å². The number of rotatable bonds is 5. The third-order valence-corrected chi connectivity index (χ3v) is 4.05. The monoisotopic (exact) mass is 342 g/mol. The van der Waals surface area contributed by atoms with E-state index in [9.17, 15) is 9.18 Å². The summed E-state index contributed by atoms with van der Waals surface area (Å²) < 4.78 is 18.4. The van der Waals surface area contributed by atoms with Crippen LogP contribution in [0.4, 0.5) is 9.52 Å². The van der Waals surface area contributed by atoms with Crippen LogP contribution in [0.1, 0.15) is 17.3 Å². The van der Waals surface area contributed by atoms with Gasteiger partial charge in [0.1, 0.15) is 11.6 Å². The smallest absolute Gasteiger partial charge is 0.261 e. The van der Waals surface area contributed by atoms with Crippen molar-refractivity contribution in [3.8, 4) is 17.0 Å². The SMILES string of the molecule is CCOc1ccccc1C(=O)Nc1nc(-c2ccc(F)cc2)cs1. The highest BCUT2D eigenvalue weighted by Gasteiger charge is 2.14. The number of carbonyl (C=O) groups is 1. The fourth-order valence-corrected chi connectivity index (χ4v) is 2.90. The van der Waals surface area contributed by atoms with Crippen LogP contribution in [-0.2, 0) is 0 Å². The lowest BCUT2D eigenvalue weighted by molar-refractivity contribution is 0.102. The molecule has 0 spiro atoms. The summed E-state index contributed by atoms with van der Waals surface area (Å²) in [5.41, 5.74) is 1.94. The van der Waals surface area contributed by atoms with Gasteiger partial charge in [0, 0.05) is 10.9 Å². The first-order chi connectivity index (χ1) is 11.7. The number of anilines is 1. The molecule has 2 aromatic carbocycles. The highest BCUT2D eigenvalue weighted by Crippen LogP contribution is 2.26. The van der Waals surface area contributed by atoms with E-state index in [0.717, 1.165) is 5.56 Å². The van der Waals surface area contributed by atoms with E-state index in [4.69, 9.17) is 4.74 Å². The molecule has 0 aliphatic heterocycles. The molecule has 122 valence electrons. The van der Waals surface area contributed by atoms with Crippen molar-refractivity contribution in [1.29, 1.82) is 0 Å². The van der Waals surface area contributed by atoms with Crippen LogP contribution in [0, 0.1) is 5.82 Å². The first-order valence-electron chi connectivity index (χ1n) is 7.42. The summed E-state index contributed by atoms with van der Waals surface area (Å²) in [5, 5.41) is 5.07. The molecule has 4 nitrogen and oxygen atoms in total. The predicted octanol–water partition coefficient (Wildman–Crippen LogP) is 4.60. The van der Waals surface area contributed by atoms with Gasteiger partial charge in [-0.25, -0.2) is 9.37 Å². The molecule has 0 aliphatic carbocycles. The summed E-state index contributed by atoms with van der Waals surface area (Å²) in [7, 11) is 0. The van der Waals surface area contributed by atoms with E-state index in [1.54, 1.807) is 30.3 Å². The molecule has 0 unspecified atom stereocenters. The predicted molar refractivity (Wildman–Crippen MR) is 93.1 cm³/mol. The Morgan fingerprint density at radius 1 is 1.21 bits per heavy atom. The maximum absolute atomic E-state index is 13.0. The number of benzene rings is 2. The van der Waals surface area contributed by atoms with Crippen LogP contribution in [0.2, 0.25) is 0 Å². The normalized spacial score (nSPS) is 10.4. The fraction of sp³-hybridized carbons (Fsp3) is 0.111. The second-order valence-corrected chi connectivity index (χ2v) is 5.79. The van der Waals surface area contributed by atoms with Crippen molar-refractivity contribution in [3.05, 3.63) is 65.3 Å². The largest absolute Gasteiger partial charge is 0.493 e. The van der Waals surface area contributed by atoms with Gasteiger partial charge >= 0.3 is 0 Å².